The molecule has 0 aliphatic carbocycles. The van der Waals surface area contributed by atoms with Crippen LogP contribution in [0.3, 0.4) is 0 Å². The lowest BCUT2D eigenvalue weighted by molar-refractivity contribution is -0.149. The van der Waals surface area contributed by atoms with E-state index in [0.29, 0.717) is 16.8 Å². The van der Waals surface area contributed by atoms with Crippen LogP contribution in [0.15, 0.2) is 17.5 Å². The Bertz CT molecular complexity index is 876. The normalized spacial score (nSPS) is 21.4. The van der Waals surface area contributed by atoms with Gasteiger partial charge in [0.15, 0.2) is 0 Å². The zero-order valence-electron chi connectivity index (χ0n) is 14.9. The molecule has 0 saturated carbocycles. The number of ether oxygens (including phenoxy) is 1. The Morgan fingerprint density at radius 3 is 2.70 bits per heavy atom. The SMILES string of the molecule is CC(=O)OCC1=C(C(=O)O)N2C(=O)[C@@H](NC(=O)c3cnn(C)c3C)[C@@H]2SC1. The molecule has 0 aromatic carbocycles. The van der Waals surface area contributed by atoms with Gasteiger partial charge in [-0.3, -0.25) is 24.0 Å². The highest BCUT2D eigenvalue weighted by Gasteiger charge is 2.54. The van der Waals surface area contributed by atoms with Gasteiger partial charge in [0.25, 0.3) is 11.8 Å². The molecule has 27 heavy (non-hydrogen) atoms. The first-order valence-electron chi connectivity index (χ1n) is 8.05. The van der Waals surface area contributed by atoms with E-state index in [9.17, 15) is 24.3 Å². The number of carboxylic acid groups (broad SMARTS) is 1. The summed E-state index contributed by atoms with van der Waals surface area (Å²) in [5, 5.41) is 15.6. The monoisotopic (exact) mass is 394 g/mol. The van der Waals surface area contributed by atoms with Crippen LogP contribution in [0.4, 0.5) is 0 Å². The minimum absolute atomic E-state index is 0.187. The highest BCUT2D eigenvalue weighted by Crippen LogP contribution is 2.40. The quantitative estimate of drug-likeness (QED) is 0.512. The second kappa shape index (κ2) is 7.06. The van der Waals surface area contributed by atoms with Crippen LogP contribution in [0, 0.1) is 6.92 Å². The van der Waals surface area contributed by atoms with Crippen LogP contribution < -0.4 is 5.32 Å². The summed E-state index contributed by atoms with van der Waals surface area (Å²) in [6.45, 7) is 2.77. The van der Waals surface area contributed by atoms with Gasteiger partial charge in [0.1, 0.15) is 23.7 Å². The fraction of sp³-hybridized carbons (Fsp3) is 0.438. The molecule has 1 fully saturated rings. The predicted octanol–water partition coefficient (Wildman–Crippen LogP) is -0.356. The standard InChI is InChI=1S/C16H18N4O6S/c1-7-10(4-17-19(7)3)13(22)18-11-14(23)20-12(16(24)25)9(5-26-8(2)21)6-27-15(11)20/h4,11,15H,5-6H2,1-3H3,(H,18,22)(H,24,25)/t11-,15+/m1/s1. The molecule has 2 aliphatic rings. The largest absolute Gasteiger partial charge is 0.477 e. The van der Waals surface area contributed by atoms with E-state index in [1.807, 2.05) is 0 Å². The van der Waals surface area contributed by atoms with Gasteiger partial charge in [-0.1, -0.05) is 0 Å². The van der Waals surface area contributed by atoms with Gasteiger partial charge in [-0.25, -0.2) is 4.79 Å². The fourth-order valence-electron chi connectivity index (χ4n) is 2.92. The number of β-lactam (4-membered cyclic amide) rings is 1. The van der Waals surface area contributed by atoms with Crippen molar-refractivity contribution in [2.24, 2.45) is 7.05 Å². The molecule has 3 heterocycles. The smallest absolute Gasteiger partial charge is 0.352 e. The second-order valence-corrected chi connectivity index (χ2v) is 7.27. The Labute approximate surface area is 158 Å². The summed E-state index contributed by atoms with van der Waals surface area (Å²) in [6.07, 6.45) is 1.42. The average Bonchev–Trinajstić information content (AvgIpc) is 2.95. The summed E-state index contributed by atoms with van der Waals surface area (Å²) >= 11 is 1.31. The van der Waals surface area contributed by atoms with Gasteiger partial charge in [0.2, 0.25) is 0 Å². The van der Waals surface area contributed by atoms with E-state index in [1.165, 1.54) is 24.9 Å². The Balaban J connectivity index is 1.77. The van der Waals surface area contributed by atoms with Crippen molar-refractivity contribution in [3.8, 4) is 0 Å². The molecule has 3 rings (SSSR count). The summed E-state index contributed by atoms with van der Waals surface area (Å²) in [6, 6.07) is -0.827. The first-order valence-corrected chi connectivity index (χ1v) is 9.10. The molecule has 0 bridgehead atoms. The lowest BCUT2D eigenvalue weighted by Gasteiger charge is -2.49. The van der Waals surface area contributed by atoms with Crippen molar-refractivity contribution in [3.05, 3.63) is 28.7 Å². The number of aliphatic carboxylic acids is 1. The maximum absolute atomic E-state index is 12.5. The van der Waals surface area contributed by atoms with E-state index in [4.69, 9.17) is 4.74 Å². The topological polar surface area (TPSA) is 131 Å². The number of rotatable bonds is 5. The molecule has 2 atom stereocenters. The maximum atomic E-state index is 12.5. The van der Waals surface area contributed by atoms with Crippen molar-refractivity contribution in [1.82, 2.24) is 20.0 Å². The lowest BCUT2D eigenvalue weighted by Crippen LogP contribution is -2.70. The van der Waals surface area contributed by atoms with Gasteiger partial charge in [-0.2, -0.15) is 5.10 Å². The number of carbonyl (C=O) groups is 4. The minimum Gasteiger partial charge on any atom is -0.477 e. The van der Waals surface area contributed by atoms with Gasteiger partial charge in [-0.05, 0) is 6.92 Å². The highest BCUT2D eigenvalue weighted by molar-refractivity contribution is 8.00. The first kappa shape index (κ1) is 19.0. The van der Waals surface area contributed by atoms with Crippen molar-refractivity contribution in [1.29, 1.82) is 0 Å². The van der Waals surface area contributed by atoms with Crippen LogP contribution >= 0.6 is 11.8 Å². The number of carboxylic acids is 1. The number of fused-ring (bicyclic) bond motifs is 1. The van der Waals surface area contributed by atoms with Crippen molar-refractivity contribution in [2.45, 2.75) is 25.3 Å². The summed E-state index contributed by atoms with van der Waals surface area (Å²) < 4.78 is 6.43. The van der Waals surface area contributed by atoms with Crippen LogP contribution in [0.25, 0.3) is 0 Å². The molecule has 1 aromatic heterocycles. The maximum Gasteiger partial charge on any atom is 0.352 e. The van der Waals surface area contributed by atoms with Gasteiger partial charge in [0.05, 0.1) is 11.8 Å². The number of thioether (sulfide) groups is 1. The third kappa shape index (κ3) is 3.29. The third-order valence-corrected chi connectivity index (χ3v) is 5.81. The van der Waals surface area contributed by atoms with Gasteiger partial charge in [0, 0.05) is 31.0 Å². The number of nitrogens with one attached hydrogen (secondary N) is 1. The number of aromatic nitrogens is 2. The molecule has 1 aromatic rings. The molecule has 0 radical (unpaired) electrons. The van der Waals surface area contributed by atoms with Crippen molar-refractivity contribution < 1.29 is 29.0 Å². The van der Waals surface area contributed by atoms with E-state index in [0.717, 1.165) is 4.90 Å². The second-order valence-electron chi connectivity index (χ2n) is 6.17. The number of hydrogen-bond acceptors (Lipinski definition) is 7. The molecule has 0 spiro atoms. The van der Waals surface area contributed by atoms with Crippen LogP contribution in [-0.2, 0) is 26.2 Å². The van der Waals surface area contributed by atoms with E-state index < -0.39 is 35.2 Å². The van der Waals surface area contributed by atoms with Gasteiger partial charge < -0.3 is 15.2 Å². The number of nitrogens with zero attached hydrogens (tertiary/aromatic N) is 3. The Morgan fingerprint density at radius 1 is 1.44 bits per heavy atom. The molecule has 2 aliphatic heterocycles. The molecule has 11 heteroatoms. The van der Waals surface area contributed by atoms with Crippen molar-refractivity contribution in [3.63, 3.8) is 0 Å². The zero-order chi connectivity index (χ0) is 19.9. The minimum atomic E-state index is -1.27. The van der Waals surface area contributed by atoms with E-state index >= 15 is 0 Å². The highest BCUT2D eigenvalue weighted by atomic mass is 32.2. The predicted molar refractivity (Wildman–Crippen MR) is 93.6 cm³/mol. The summed E-state index contributed by atoms with van der Waals surface area (Å²) in [4.78, 5) is 48.7. The van der Waals surface area contributed by atoms with Crippen LogP contribution in [0.1, 0.15) is 23.0 Å². The fourth-order valence-corrected chi connectivity index (χ4v) is 4.25. The third-order valence-electron chi connectivity index (χ3n) is 4.47. The molecule has 2 amide bonds. The zero-order valence-corrected chi connectivity index (χ0v) is 15.7. The average molecular weight is 394 g/mol. The molecule has 1 saturated heterocycles. The number of amides is 2. The summed E-state index contributed by atoms with van der Waals surface area (Å²) in [5.74, 6) is -2.48. The Kier molecular flexibility index (Phi) is 4.96. The molecule has 0 unspecified atom stereocenters. The number of esters is 1. The van der Waals surface area contributed by atoms with Crippen molar-refractivity contribution >= 4 is 35.5 Å². The lowest BCUT2D eigenvalue weighted by atomic mass is 10.0. The summed E-state index contributed by atoms with van der Waals surface area (Å²) in [7, 11) is 1.70. The number of aryl methyl sites for hydroxylation is 1. The van der Waals surface area contributed by atoms with Gasteiger partial charge in [-0.15, -0.1) is 11.8 Å². The van der Waals surface area contributed by atoms with Gasteiger partial charge >= 0.3 is 11.9 Å². The van der Waals surface area contributed by atoms with E-state index in [1.54, 1.807) is 18.7 Å². The number of carbonyl (C=O) groups excluding carboxylic acids is 3. The van der Waals surface area contributed by atoms with E-state index in [2.05, 4.69) is 10.4 Å². The molecule has 10 nitrogen and oxygen atoms in total. The van der Waals surface area contributed by atoms with E-state index in [-0.39, 0.29) is 18.1 Å². The molecule has 2 N–H and O–H groups in total. The Morgan fingerprint density at radius 2 is 2.15 bits per heavy atom. The van der Waals surface area contributed by atoms with Crippen LogP contribution in [0.2, 0.25) is 0 Å². The van der Waals surface area contributed by atoms with Crippen molar-refractivity contribution in [2.75, 3.05) is 12.4 Å². The summed E-state index contributed by atoms with van der Waals surface area (Å²) in [5.41, 5.74) is 1.17. The Hall–Kier alpha value is -2.82. The van der Waals surface area contributed by atoms with Crippen LogP contribution in [0.5, 0.6) is 0 Å². The molecular formula is C16H18N4O6S. The number of hydrogen-bond donors (Lipinski definition) is 2. The first-order chi connectivity index (χ1) is 12.7. The molecule has 144 valence electrons. The molecular weight excluding hydrogens is 376 g/mol. The van der Waals surface area contributed by atoms with Crippen LogP contribution in [-0.4, -0.2) is 67.3 Å².